The molecule has 0 amide bonds. The Bertz CT molecular complexity index is 1150. The van der Waals surface area contributed by atoms with Crippen LogP contribution in [-0.4, -0.2) is 28.0 Å². The Balaban J connectivity index is 1.84. The minimum absolute atomic E-state index is 0.00140. The largest absolute Gasteiger partial charge is 0.502 e. The summed E-state index contributed by atoms with van der Waals surface area (Å²) in [5, 5.41) is 0.765. The molecule has 2 aromatic carbocycles. The van der Waals surface area contributed by atoms with E-state index in [1.807, 2.05) is 51.1 Å². The van der Waals surface area contributed by atoms with Gasteiger partial charge in [0.15, 0.2) is 5.82 Å². The summed E-state index contributed by atoms with van der Waals surface area (Å²) >= 11 is 1.32. The monoisotopic (exact) mass is 463 g/mol. The summed E-state index contributed by atoms with van der Waals surface area (Å²) < 4.78 is 15.4. The second-order valence-corrected chi connectivity index (χ2v) is 8.59. The van der Waals surface area contributed by atoms with Crippen LogP contribution in [0.15, 0.2) is 36.4 Å². The Morgan fingerprint density at radius 2 is 2.03 bits per heavy atom. The molecule has 3 rings (SSSR count). The first-order valence-corrected chi connectivity index (χ1v) is 12.0. The van der Waals surface area contributed by atoms with Crippen LogP contribution < -0.4 is 4.74 Å². The fourth-order valence-electron chi connectivity index (χ4n) is 3.69. The molecule has 0 bridgehead atoms. The summed E-state index contributed by atoms with van der Waals surface area (Å²) in [6.45, 7) is 15.7. The Hall–Kier alpha value is -3.24. The molecule has 0 fully saturated rings. The van der Waals surface area contributed by atoms with Crippen molar-refractivity contribution in [2.24, 2.45) is 0 Å². The highest BCUT2D eigenvalue weighted by atomic mass is 32.1. The molecule has 0 N–H and O–H groups in total. The summed E-state index contributed by atoms with van der Waals surface area (Å²) in [6.07, 6.45) is 2.82. The van der Waals surface area contributed by atoms with Crippen LogP contribution in [0.5, 0.6) is 5.75 Å². The third-order valence-corrected chi connectivity index (χ3v) is 5.88. The highest BCUT2D eigenvalue weighted by Crippen LogP contribution is 2.36. The number of nitrogens with zero attached hydrogens (tertiary/aromatic N) is 3. The number of esters is 1. The van der Waals surface area contributed by atoms with Gasteiger partial charge in [-0.1, -0.05) is 31.2 Å². The van der Waals surface area contributed by atoms with Crippen molar-refractivity contribution >= 4 is 23.2 Å². The number of hydrogen-bond acceptors (Lipinski definition) is 6. The molecule has 0 aliphatic rings. The van der Waals surface area contributed by atoms with Gasteiger partial charge >= 0.3 is 5.97 Å². The lowest BCUT2D eigenvalue weighted by molar-refractivity contribution is -0.143. The van der Waals surface area contributed by atoms with Crippen molar-refractivity contribution in [1.82, 2.24) is 9.36 Å². The highest BCUT2D eigenvalue weighted by molar-refractivity contribution is 7.09. The molecule has 0 saturated heterocycles. The predicted molar refractivity (Wildman–Crippen MR) is 132 cm³/mol. The van der Waals surface area contributed by atoms with Crippen molar-refractivity contribution in [3.63, 3.8) is 0 Å². The van der Waals surface area contributed by atoms with Crippen molar-refractivity contribution in [2.45, 2.75) is 59.5 Å². The summed E-state index contributed by atoms with van der Waals surface area (Å²) in [6, 6.07) is 11.7. The fraction of sp³-hybridized carbons (Fsp3) is 0.385. The van der Waals surface area contributed by atoms with Gasteiger partial charge in [-0.15, -0.1) is 0 Å². The molecule has 172 valence electrons. The molecule has 0 radical (unpaired) electrons. The molecular formula is C26H29N3O3S. The van der Waals surface area contributed by atoms with Crippen LogP contribution in [0.1, 0.15) is 51.7 Å². The van der Waals surface area contributed by atoms with Crippen LogP contribution in [0.25, 0.3) is 26.8 Å². The minimum atomic E-state index is -0.152. The maximum atomic E-state index is 11.7. The van der Waals surface area contributed by atoms with Gasteiger partial charge in [-0.25, -0.2) is 9.83 Å². The third-order valence-electron chi connectivity index (χ3n) is 5.11. The Morgan fingerprint density at radius 1 is 1.21 bits per heavy atom. The SMILES string of the molecule is [C-]#[N+]c1cc(-c2nc(-c3cccc(CCCC(=O)OCC)c3CC)ns2)ccc1OC(C)C. The molecule has 3 aromatic rings. The molecule has 0 unspecified atom stereocenters. The van der Waals surface area contributed by atoms with Crippen molar-refractivity contribution < 1.29 is 14.3 Å². The van der Waals surface area contributed by atoms with E-state index in [1.54, 1.807) is 0 Å². The standard InChI is InChI=1S/C26H29N3O3S/c1-6-20-18(11-9-13-24(30)31-7-2)10-8-12-21(20)25-28-26(33-29-25)19-14-15-23(32-17(3)4)22(16-19)27-5/h8,10,12,14-17H,6-7,9,11,13H2,1-4H3. The van der Waals surface area contributed by atoms with E-state index in [1.165, 1.54) is 22.7 Å². The van der Waals surface area contributed by atoms with E-state index >= 15 is 0 Å². The van der Waals surface area contributed by atoms with E-state index in [0.29, 0.717) is 30.3 Å². The molecule has 0 saturated carbocycles. The lowest BCUT2D eigenvalue weighted by atomic mass is 9.95. The zero-order valence-corrected chi connectivity index (χ0v) is 20.4. The first-order valence-electron chi connectivity index (χ1n) is 11.3. The van der Waals surface area contributed by atoms with Crippen molar-refractivity contribution in [3.8, 4) is 27.7 Å². The number of rotatable bonds is 10. The topological polar surface area (TPSA) is 65.7 Å². The normalized spacial score (nSPS) is 10.8. The van der Waals surface area contributed by atoms with Gasteiger partial charge in [-0.05, 0) is 74.8 Å². The van der Waals surface area contributed by atoms with E-state index < -0.39 is 0 Å². The molecule has 1 heterocycles. The molecular weight excluding hydrogens is 434 g/mol. The van der Waals surface area contributed by atoms with Gasteiger partial charge in [0.1, 0.15) is 10.8 Å². The van der Waals surface area contributed by atoms with E-state index in [2.05, 4.69) is 22.2 Å². The van der Waals surface area contributed by atoms with Gasteiger partial charge in [-0.3, -0.25) is 4.79 Å². The molecule has 6 nitrogen and oxygen atoms in total. The number of hydrogen-bond donors (Lipinski definition) is 0. The number of aryl methyl sites for hydroxylation is 1. The number of benzene rings is 2. The highest BCUT2D eigenvalue weighted by Gasteiger charge is 2.16. The molecule has 0 aliphatic carbocycles. The third kappa shape index (κ3) is 6.17. The van der Waals surface area contributed by atoms with Crippen LogP contribution in [0.3, 0.4) is 0 Å². The Labute approximate surface area is 199 Å². The van der Waals surface area contributed by atoms with Crippen LogP contribution in [0.2, 0.25) is 0 Å². The van der Waals surface area contributed by atoms with Gasteiger partial charge in [0, 0.05) is 17.5 Å². The average Bonchev–Trinajstić information content (AvgIpc) is 3.29. The number of ether oxygens (including phenoxy) is 2. The van der Waals surface area contributed by atoms with Gasteiger partial charge in [-0.2, -0.15) is 4.37 Å². The average molecular weight is 464 g/mol. The Kier molecular flexibility index (Phi) is 8.56. The maximum Gasteiger partial charge on any atom is 0.305 e. The fourth-order valence-corrected chi connectivity index (χ4v) is 4.37. The van der Waals surface area contributed by atoms with Crippen LogP contribution in [0.4, 0.5) is 5.69 Å². The van der Waals surface area contributed by atoms with Gasteiger partial charge in [0.2, 0.25) is 5.69 Å². The van der Waals surface area contributed by atoms with Gasteiger partial charge in [0.25, 0.3) is 0 Å². The van der Waals surface area contributed by atoms with Crippen LogP contribution in [0, 0.1) is 6.57 Å². The quantitative estimate of drug-likeness (QED) is 0.248. The lowest BCUT2D eigenvalue weighted by Crippen LogP contribution is -2.05. The van der Waals surface area contributed by atoms with E-state index in [-0.39, 0.29) is 12.1 Å². The second-order valence-electron chi connectivity index (χ2n) is 7.84. The molecule has 0 atom stereocenters. The van der Waals surface area contributed by atoms with Crippen LogP contribution >= 0.6 is 11.5 Å². The lowest BCUT2D eigenvalue weighted by Gasteiger charge is -2.12. The summed E-state index contributed by atoms with van der Waals surface area (Å²) in [5.74, 6) is 1.12. The smallest absolute Gasteiger partial charge is 0.305 e. The number of aromatic nitrogens is 2. The predicted octanol–water partition coefficient (Wildman–Crippen LogP) is 6.66. The first-order chi connectivity index (χ1) is 16.0. The second kappa shape index (κ2) is 11.6. The van der Waals surface area contributed by atoms with Crippen molar-refractivity contribution in [1.29, 1.82) is 0 Å². The van der Waals surface area contributed by atoms with E-state index in [0.717, 1.165) is 35.4 Å². The Morgan fingerprint density at radius 3 is 2.73 bits per heavy atom. The van der Waals surface area contributed by atoms with Gasteiger partial charge < -0.3 is 9.47 Å². The van der Waals surface area contributed by atoms with Crippen molar-refractivity contribution in [2.75, 3.05) is 6.61 Å². The molecule has 0 aliphatic heterocycles. The van der Waals surface area contributed by atoms with Gasteiger partial charge in [0.05, 0.1) is 19.3 Å². The minimum Gasteiger partial charge on any atom is -0.502 e. The van der Waals surface area contributed by atoms with Crippen LogP contribution in [-0.2, 0) is 22.4 Å². The molecule has 7 heteroatoms. The zero-order valence-electron chi connectivity index (χ0n) is 19.6. The molecule has 0 spiro atoms. The van der Waals surface area contributed by atoms with E-state index in [4.69, 9.17) is 21.0 Å². The summed E-state index contributed by atoms with van der Waals surface area (Å²) in [7, 11) is 0. The van der Waals surface area contributed by atoms with E-state index in [9.17, 15) is 4.79 Å². The summed E-state index contributed by atoms with van der Waals surface area (Å²) in [4.78, 5) is 20.1. The molecule has 33 heavy (non-hydrogen) atoms. The molecule has 1 aromatic heterocycles. The number of carbonyl (C=O) groups excluding carboxylic acids is 1. The number of carbonyl (C=O) groups is 1. The maximum absolute atomic E-state index is 11.7. The summed E-state index contributed by atoms with van der Waals surface area (Å²) in [5.41, 5.74) is 4.74. The zero-order chi connectivity index (χ0) is 23.8. The first kappa shape index (κ1) is 24.4. The van der Waals surface area contributed by atoms with Crippen molar-refractivity contribution in [3.05, 3.63) is 58.9 Å².